The van der Waals surface area contributed by atoms with Crippen molar-refractivity contribution in [3.8, 4) is 0 Å². The summed E-state index contributed by atoms with van der Waals surface area (Å²) >= 11 is 1.55. The summed E-state index contributed by atoms with van der Waals surface area (Å²) in [4.78, 5) is 32.4. The molecule has 2 aromatic heterocycles. The maximum atomic E-state index is 13.2. The number of aromatic nitrogens is 2. The molecule has 0 radical (unpaired) electrons. The Labute approximate surface area is 183 Å². The fourth-order valence-corrected chi connectivity index (χ4v) is 4.30. The number of aryl methyl sites for hydroxylation is 1. The molecule has 9 nitrogen and oxygen atoms in total. The van der Waals surface area contributed by atoms with Crippen molar-refractivity contribution in [3.63, 3.8) is 0 Å². The first-order valence-electron chi connectivity index (χ1n) is 9.80. The van der Waals surface area contributed by atoms with Gasteiger partial charge in [0.2, 0.25) is 0 Å². The summed E-state index contributed by atoms with van der Waals surface area (Å²) in [5.41, 5.74) is 1.47. The number of carbonyl (C=O) groups excluding carboxylic acids is 1. The van der Waals surface area contributed by atoms with E-state index in [1.165, 1.54) is 12.3 Å². The number of thioether (sulfide) groups is 1. The fourth-order valence-electron chi connectivity index (χ4n) is 3.38. The molecule has 1 fully saturated rings. The van der Waals surface area contributed by atoms with E-state index in [2.05, 4.69) is 10.1 Å². The average molecular weight is 439 g/mol. The van der Waals surface area contributed by atoms with Crippen LogP contribution in [0.4, 0.5) is 11.5 Å². The molecule has 3 aromatic rings. The molecule has 3 heterocycles. The number of nitrogens with zero attached hydrogens (tertiary/aromatic N) is 5. The minimum atomic E-state index is -0.466. The molecule has 0 N–H and O–H groups in total. The van der Waals surface area contributed by atoms with Crippen LogP contribution in [0.15, 0.2) is 58.1 Å². The molecular weight excluding hydrogens is 418 g/mol. The molecule has 1 aromatic carbocycles. The number of rotatable bonds is 6. The molecule has 0 spiro atoms. The third-order valence-corrected chi connectivity index (χ3v) is 6.09. The summed E-state index contributed by atoms with van der Waals surface area (Å²) in [6, 6.07) is 12.6. The van der Waals surface area contributed by atoms with Gasteiger partial charge in [0.15, 0.2) is 0 Å². The van der Waals surface area contributed by atoms with Gasteiger partial charge in [0, 0.05) is 43.2 Å². The summed E-state index contributed by atoms with van der Waals surface area (Å²) in [5.74, 6) is 2.04. The maximum absolute atomic E-state index is 13.2. The zero-order chi connectivity index (χ0) is 21.8. The second kappa shape index (κ2) is 9.17. The molecule has 0 unspecified atom stereocenters. The van der Waals surface area contributed by atoms with Gasteiger partial charge in [-0.05, 0) is 25.1 Å². The maximum Gasteiger partial charge on any atom is 0.287 e. The van der Waals surface area contributed by atoms with E-state index in [4.69, 9.17) is 4.52 Å². The fraction of sp³-hybridized carbons (Fsp3) is 0.286. The lowest BCUT2D eigenvalue weighted by Crippen LogP contribution is -2.49. The van der Waals surface area contributed by atoms with Crippen LogP contribution in [0.3, 0.4) is 0 Å². The Morgan fingerprint density at radius 2 is 1.97 bits per heavy atom. The van der Waals surface area contributed by atoms with Gasteiger partial charge in [-0.15, -0.1) is 11.8 Å². The molecule has 0 bridgehead atoms. The zero-order valence-corrected chi connectivity index (χ0v) is 17.7. The van der Waals surface area contributed by atoms with Crippen LogP contribution >= 0.6 is 11.8 Å². The van der Waals surface area contributed by atoms with E-state index in [1.807, 2.05) is 47.1 Å². The number of piperazine rings is 1. The molecule has 160 valence electrons. The first-order chi connectivity index (χ1) is 15.0. The molecule has 10 heteroatoms. The number of amides is 1. The number of pyridine rings is 1. The highest BCUT2D eigenvalue weighted by molar-refractivity contribution is 7.98. The number of benzene rings is 1. The Morgan fingerprint density at radius 1 is 1.19 bits per heavy atom. The number of hydrogen-bond donors (Lipinski definition) is 0. The monoisotopic (exact) mass is 439 g/mol. The third-order valence-electron chi connectivity index (χ3n) is 5.00. The number of nitro groups is 1. The summed E-state index contributed by atoms with van der Waals surface area (Å²) in [7, 11) is 0. The number of hydrogen-bond acceptors (Lipinski definition) is 8. The van der Waals surface area contributed by atoms with Crippen LogP contribution in [-0.4, -0.2) is 52.1 Å². The van der Waals surface area contributed by atoms with Gasteiger partial charge < -0.3 is 14.3 Å². The van der Waals surface area contributed by atoms with Crippen molar-refractivity contribution in [1.29, 1.82) is 0 Å². The highest BCUT2D eigenvalue weighted by Gasteiger charge is 2.25. The zero-order valence-electron chi connectivity index (χ0n) is 16.9. The van der Waals surface area contributed by atoms with Crippen LogP contribution in [0.1, 0.15) is 21.8 Å². The van der Waals surface area contributed by atoms with Crippen molar-refractivity contribution in [3.05, 3.63) is 75.8 Å². The molecule has 0 atom stereocenters. The lowest BCUT2D eigenvalue weighted by Gasteiger charge is -2.35. The topological polar surface area (TPSA) is 106 Å². The molecule has 1 amide bonds. The number of anilines is 1. The van der Waals surface area contributed by atoms with E-state index >= 15 is 0 Å². The van der Waals surface area contributed by atoms with Crippen molar-refractivity contribution >= 4 is 29.2 Å². The van der Waals surface area contributed by atoms with E-state index in [1.54, 1.807) is 17.8 Å². The second-order valence-electron chi connectivity index (χ2n) is 7.13. The van der Waals surface area contributed by atoms with Crippen LogP contribution in [0.25, 0.3) is 0 Å². The van der Waals surface area contributed by atoms with Gasteiger partial charge in [0.25, 0.3) is 11.6 Å². The number of carbonyl (C=O) groups is 1. The lowest BCUT2D eigenvalue weighted by atomic mass is 10.2. The van der Waals surface area contributed by atoms with Crippen molar-refractivity contribution < 1.29 is 14.2 Å². The lowest BCUT2D eigenvalue weighted by molar-refractivity contribution is -0.385. The van der Waals surface area contributed by atoms with E-state index in [0.717, 1.165) is 16.3 Å². The predicted octanol–water partition coefficient (Wildman–Crippen LogP) is 3.54. The molecule has 0 aliphatic carbocycles. The van der Waals surface area contributed by atoms with E-state index in [0.29, 0.717) is 43.3 Å². The Morgan fingerprint density at radius 3 is 2.61 bits per heavy atom. The summed E-state index contributed by atoms with van der Waals surface area (Å²) in [5, 5.41) is 14.7. The minimum Gasteiger partial charge on any atom is -0.360 e. The Hall–Kier alpha value is -3.40. The Bertz CT molecular complexity index is 1080. The normalized spacial score (nSPS) is 14.0. The third kappa shape index (κ3) is 4.85. The molecule has 4 rings (SSSR count). The Balaban J connectivity index is 1.39. The van der Waals surface area contributed by atoms with Crippen molar-refractivity contribution in [2.45, 2.75) is 17.6 Å². The molecule has 1 aliphatic rings. The van der Waals surface area contributed by atoms with Gasteiger partial charge in [-0.25, -0.2) is 4.98 Å². The Kier molecular flexibility index (Phi) is 6.17. The molecule has 1 aliphatic heterocycles. The summed E-state index contributed by atoms with van der Waals surface area (Å²) < 4.78 is 5.26. The van der Waals surface area contributed by atoms with Gasteiger partial charge in [-0.1, -0.05) is 17.3 Å². The molecule has 0 saturated carbocycles. The molecule has 1 saturated heterocycles. The quantitative estimate of drug-likeness (QED) is 0.326. The predicted molar refractivity (Wildman–Crippen MR) is 116 cm³/mol. The minimum absolute atomic E-state index is 0.00633. The highest BCUT2D eigenvalue weighted by atomic mass is 32.2. The summed E-state index contributed by atoms with van der Waals surface area (Å²) in [6.07, 6.45) is 1.26. The van der Waals surface area contributed by atoms with Gasteiger partial charge in [0.1, 0.15) is 17.8 Å². The smallest absolute Gasteiger partial charge is 0.287 e. The standard InChI is InChI=1S/C21H21N5O4S/c1-15-12-17(30-23-15)14-31-19-5-3-2-4-18(19)21(27)25-10-8-24(9-11-25)20-7-6-16(13-22-20)26(28)29/h2-7,12-13H,8-11,14H2,1H3. The van der Waals surface area contributed by atoms with E-state index < -0.39 is 4.92 Å². The first kappa shape index (κ1) is 20.9. The largest absolute Gasteiger partial charge is 0.360 e. The van der Waals surface area contributed by atoms with Crippen molar-refractivity contribution in [2.24, 2.45) is 0 Å². The van der Waals surface area contributed by atoms with Crippen LogP contribution in [0.5, 0.6) is 0 Å². The highest BCUT2D eigenvalue weighted by Crippen LogP contribution is 2.28. The van der Waals surface area contributed by atoms with Crippen LogP contribution in [0.2, 0.25) is 0 Å². The second-order valence-corrected chi connectivity index (χ2v) is 8.15. The molecule has 31 heavy (non-hydrogen) atoms. The van der Waals surface area contributed by atoms with Crippen LogP contribution < -0.4 is 4.90 Å². The van der Waals surface area contributed by atoms with Gasteiger partial charge in [-0.3, -0.25) is 14.9 Å². The first-order valence-corrected chi connectivity index (χ1v) is 10.8. The van der Waals surface area contributed by atoms with Crippen molar-refractivity contribution in [1.82, 2.24) is 15.0 Å². The van der Waals surface area contributed by atoms with Crippen LogP contribution in [-0.2, 0) is 5.75 Å². The van der Waals surface area contributed by atoms with Gasteiger partial charge >= 0.3 is 0 Å². The van der Waals surface area contributed by atoms with E-state index in [9.17, 15) is 14.9 Å². The summed E-state index contributed by atoms with van der Waals surface area (Å²) in [6.45, 7) is 4.21. The van der Waals surface area contributed by atoms with E-state index in [-0.39, 0.29) is 11.6 Å². The van der Waals surface area contributed by atoms with Gasteiger partial charge in [-0.2, -0.15) is 0 Å². The SMILES string of the molecule is Cc1cc(CSc2ccccc2C(=O)N2CCN(c3ccc([N+](=O)[O-])cn3)CC2)on1. The van der Waals surface area contributed by atoms with Gasteiger partial charge in [0.05, 0.1) is 21.9 Å². The van der Waals surface area contributed by atoms with Crippen molar-refractivity contribution in [2.75, 3.05) is 31.1 Å². The van der Waals surface area contributed by atoms with Crippen LogP contribution in [0, 0.1) is 17.0 Å². The average Bonchev–Trinajstić information content (AvgIpc) is 3.22. The molecular formula is C21H21N5O4S.